The zero-order chi connectivity index (χ0) is 11.8. The molecule has 16 heavy (non-hydrogen) atoms. The van der Waals surface area contributed by atoms with E-state index >= 15 is 0 Å². The minimum Gasteiger partial charge on any atom is -0.481 e. The standard InChI is InChI=1S/C13H15FO2/c1-2-9-7-13(8-9,12(15)16)10-5-3-4-6-11(10)14/h3-6,9H,2,7-8H2,1H3,(H,15,16). The van der Waals surface area contributed by atoms with Crippen LogP contribution in [0.15, 0.2) is 24.3 Å². The topological polar surface area (TPSA) is 37.3 Å². The van der Waals surface area contributed by atoms with Crippen LogP contribution in [0.5, 0.6) is 0 Å². The quantitative estimate of drug-likeness (QED) is 0.853. The molecule has 0 aromatic heterocycles. The Bertz CT molecular complexity index is 408. The van der Waals surface area contributed by atoms with Crippen LogP contribution < -0.4 is 0 Å². The lowest BCUT2D eigenvalue weighted by Crippen LogP contribution is -2.48. The number of hydrogen-bond acceptors (Lipinski definition) is 1. The van der Waals surface area contributed by atoms with Crippen LogP contribution in [-0.4, -0.2) is 11.1 Å². The largest absolute Gasteiger partial charge is 0.481 e. The van der Waals surface area contributed by atoms with Gasteiger partial charge in [0.05, 0.1) is 5.41 Å². The van der Waals surface area contributed by atoms with E-state index in [9.17, 15) is 14.3 Å². The number of carboxylic acid groups (broad SMARTS) is 1. The molecule has 0 aliphatic heterocycles. The van der Waals surface area contributed by atoms with Gasteiger partial charge >= 0.3 is 5.97 Å². The molecule has 1 aromatic carbocycles. The molecule has 0 amide bonds. The van der Waals surface area contributed by atoms with Crippen molar-refractivity contribution in [3.63, 3.8) is 0 Å². The Balaban J connectivity index is 2.36. The molecule has 0 atom stereocenters. The second-order valence-corrected chi connectivity index (χ2v) is 4.55. The third-order valence-electron chi connectivity index (χ3n) is 3.65. The fraction of sp³-hybridized carbons (Fsp3) is 0.462. The summed E-state index contributed by atoms with van der Waals surface area (Å²) in [5, 5.41) is 9.31. The van der Waals surface area contributed by atoms with Gasteiger partial charge in [-0.1, -0.05) is 31.5 Å². The van der Waals surface area contributed by atoms with Crippen LogP contribution in [0.25, 0.3) is 0 Å². The molecule has 3 heteroatoms. The highest BCUT2D eigenvalue weighted by Gasteiger charge is 2.52. The van der Waals surface area contributed by atoms with Gasteiger partial charge in [0, 0.05) is 5.56 Å². The molecular formula is C13H15FO2. The van der Waals surface area contributed by atoms with Crippen LogP contribution in [0.1, 0.15) is 31.7 Å². The molecular weight excluding hydrogens is 207 g/mol. The highest BCUT2D eigenvalue weighted by molar-refractivity contribution is 5.82. The first-order chi connectivity index (χ1) is 7.60. The lowest BCUT2D eigenvalue weighted by molar-refractivity contribution is -0.150. The van der Waals surface area contributed by atoms with Gasteiger partial charge in [0.1, 0.15) is 5.82 Å². The first-order valence-electron chi connectivity index (χ1n) is 5.58. The molecule has 0 heterocycles. The van der Waals surface area contributed by atoms with Gasteiger partial charge in [0.2, 0.25) is 0 Å². The molecule has 1 aliphatic rings. The number of aliphatic carboxylic acids is 1. The predicted molar refractivity (Wildman–Crippen MR) is 58.7 cm³/mol. The number of carboxylic acids is 1. The molecule has 1 N–H and O–H groups in total. The average molecular weight is 222 g/mol. The summed E-state index contributed by atoms with van der Waals surface area (Å²) < 4.78 is 13.6. The third kappa shape index (κ3) is 1.51. The van der Waals surface area contributed by atoms with Crippen molar-refractivity contribution in [1.29, 1.82) is 0 Å². The maximum atomic E-state index is 13.6. The van der Waals surface area contributed by atoms with Gasteiger partial charge in [-0.15, -0.1) is 0 Å². The minimum atomic E-state index is -0.980. The van der Waals surface area contributed by atoms with Gasteiger partial charge in [-0.05, 0) is 24.8 Å². The van der Waals surface area contributed by atoms with Gasteiger partial charge in [-0.25, -0.2) is 4.39 Å². The Kier molecular flexibility index (Phi) is 2.70. The van der Waals surface area contributed by atoms with Crippen LogP contribution in [0.4, 0.5) is 4.39 Å². The van der Waals surface area contributed by atoms with Gasteiger partial charge in [-0.2, -0.15) is 0 Å². The predicted octanol–water partition coefficient (Wildman–Crippen LogP) is 2.97. The molecule has 0 radical (unpaired) electrons. The van der Waals surface area contributed by atoms with Gasteiger partial charge in [0.15, 0.2) is 0 Å². The monoisotopic (exact) mass is 222 g/mol. The summed E-state index contributed by atoms with van der Waals surface area (Å²) in [7, 11) is 0. The zero-order valence-corrected chi connectivity index (χ0v) is 9.24. The van der Waals surface area contributed by atoms with Crippen molar-refractivity contribution in [2.45, 2.75) is 31.6 Å². The molecule has 1 saturated carbocycles. The summed E-state index contributed by atoms with van der Waals surface area (Å²) in [5.41, 5.74) is -0.640. The lowest BCUT2D eigenvalue weighted by Gasteiger charge is -2.44. The summed E-state index contributed by atoms with van der Waals surface area (Å²) >= 11 is 0. The second kappa shape index (κ2) is 3.89. The first-order valence-corrected chi connectivity index (χ1v) is 5.58. The summed E-state index contributed by atoms with van der Waals surface area (Å²) in [6, 6.07) is 6.21. The molecule has 1 aliphatic carbocycles. The Labute approximate surface area is 94.1 Å². The third-order valence-corrected chi connectivity index (χ3v) is 3.65. The van der Waals surface area contributed by atoms with E-state index in [1.54, 1.807) is 18.2 Å². The van der Waals surface area contributed by atoms with Crippen molar-refractivity contribution in [3.8, 4) is 0 Å². The van der Waals surface area contributed by atoms with E-state index in [-0.39, 0.29) is 0 Å². The van der Waals surface area contributed by atoms with E-state index in [2.05, 4.69) is 0 Å². The van der Waals surface area contributed by atoms with E-state index in [1.807, 2.05) is 6.92 Å². The Morgan fingerprint density at radius 3 is 2.62 bits per heavy atom. The van der Waals surface area contributed by atoms with E-state index in [4.69, 9.17) is 0 Å². The van der Waals surface area contributed by atoms with Crippen molar-refractivity contribution in [1.82, 2.24) is 0 Å². The number of rotatable bonds is 3. The molecule has 1 aromatic rings. The fourth-order valence-corrected chi connectivity index (χ4v) is 2.57. The van der Waals surface area contributed by atoms with Crippen molar-refractivity contribution in [3.05, 3.63) is 35.6 Å². The van der Waals surface area contributed by atoms with Gasteiger partial charge < -0.3 is 5.11 Å². The van der Waals surface area contributed by atoms with E-state index < -0.39 is 17.2 Å². The normalized spacial score (nSPS) is 28.5. The molecule has 1 fully saturated rings. The first kappa shape index (κ1) is 11.1. The molecule has 2 nitrogen and oxygen atoms in total. The maximum absolute atomic E-state index is 13.6. The Hall–Kier alpha value is -1.38. The minimum absolute atomic E-state index is 0.340. The number of halogens is 1. The van der Waals surface area contributed by atoms with Crippen molar-refractivity contribution < 1.29 is 14.3 Å². The maximum Gasteiger partial charge on any atom is 0.314 e. The summed E-state index contributed by atoms with van der Waals surface area (Å²) in [5.74, 6) is -0.891. The second-order valence-electron chi connectivity index (χ2n) is 4.55. The number of carbonyl (C=O) groups is 1. The fourth-order valence-electron chi connectivity index (χ4n) is 2.57. The van der Waals surface area contributed by atoms with Crippen LogP contribution in [0, 0.1) is 11.7 Å². The average Bonchev–Trinajstić information content (AvgIpc) is 2.19. The molecule has 0 bridgehead atoms. The van der Waals surface area contributed by atoms with Gasteiger partial charge in [-0.3, -0.25) is 4.79 Å². The molecule has 0 unspecified atom stereocenters. The summed E-state index contributed by atoms with van der Waals surface area (Å²) in [6.07, 6.45) is 2.07. The summed E-state index contributed by atoms with van der Waals surface area (Å²) in [4.78, 5) is 11.4. The molecule has 0 saturated heterocycles. The molecule has 86 valence electrons. The Morgan fingerprint density at radius 1 is 1.50 bits per heavy atom. The van der Waals surface area contributed by atoms with Crippen LogP contribution in [0.2, 0.25) is 0 Å². The zero-order valence-electron chi connectivity index (χ0n) is 9.24. The highest BCUT2D eigenvalue weighted by atomic mass is 19.1. The summed E-state index contributed by atoms with van der Waals surface area (Å²) in [6.45, 7) is 2.04. The number of benzene rings is 1. The van der Waals surface area contributed by atoms with E-state index in [0.717, 1.165) is 6.42 Å². The lowest BCUT2D eigenvalue weighted by atomic mass is 9.58. The molecule has 2 rings (SSSR count). The van der Waals surface area contributed by atoms with Crippen molar-refractivity contribution in [2.24, 2.45) is 5.92 Å². The van der Waals surface area contributed by atoms with Crippen LogP contribution in [0.3, 0.4) is 0 Å². The Morgan fingerprint density at radius 2 is 2.12 bits per heavy atom. The smallest absolute Gasteiger partial charge is 0.314 e. The van der Waals surface area contributed by atoms with Crippen LogP contribution in [-0.2, 0) is 10.2 Å². The van der Waals surface area contributed by atoms with E-state index in [1.165, 1.54) is 6.07 Å². The van der Waals surface area contributed by atoms with Gasteiger partial charge in [0.25, 0.3) is 0 Å². The van der Waals surface area contributed by atoms with Crippen molar-refractivity contribution >= 4 is 5.97 Å². The van der Waals surface area contributed by atoms with E-state index in [0.29, 0.717) is 24.3 Å². The van der Waals surface area contributed by atoms with Crippen LogP contribution >= 0.6 is 0 Å². The van der Waals surface area contributed by atoms with Crippen molar-refractivity contribution in [2.75, 3.05) is 0 Å². The SMILES string of the molecule is CCC1CC(C(=O)O)(c2ccccc2F)C1. The molecule has 0 spiro atoms. The number of hydrogen-bond donors (Lipinski definition) is 1. The highest BCUT2D eigenvalue weighted by Crippen LogP contribution is 2.49.